The van der Waals surface area contributed by atoms with E-state index in [0.29, 0.717) is 0 Å². The highest BCUT2D eigenvalue weighted by Crippen LogP contribution is 2.47. The normalized spacial score (nSPS) is 14.9. The summed E-state index contributed by atoms with van der Waals surface area (Å²) in [5.41, 5.74) is 15.5. The molecule has 0 saturated heterocycles. The summed E-state index contributed by atoms with van der Waals surface area (Å²) in [6.45, 7) is 41.3. The van der Waals surface area contributed by atoms with Gasteiger partial charge in [0.15, 0.2) is 0 Å². The van der Waals surface area contributed by atoms with Crippen molar-refractivity contribution in [2.75, 3.05) is 9.80 Å². The first-order valence-corrected chi connectivity index (χ1v) is 20.8. The fourth-order valence-electron chi connectivity index (χ4n) is 8.10. The quantitative estimate of drug-likeness (QED) is 0.165. The Morgan fingerprint density at radius 1 is 0.446 bits per heavy atom. The Labute approximate surface area is 339 Å². The van der Waals surface area contributed by atoms with Crippen LogP contribution in [0.15, 0.2) is 77.2 Å². The van der Waals surface area contributed by atoms with Crippen LogP contribution in [0.3, 0.4) is 0 Å². The molecular weight excluding hydrogens is 681 g/mol. The van der Waals surface area contributed by atoms with Crippen molar-refractivity contribution in [2.45, 2.75) is 157 Å². The molecule has 4 aromatic carbocycles. The molecule has 0 N–H and O–H groups in total. The van der Waals surface area contributed by atoms with Gasteiger partial charge in [0, 0.05) is 33.9 Å². The summed E-state index contributed by atoms with van der Waals surface area (Å²) in [6.07, 6.45) is 0. The Balaban J connectivity index is 1.62. The van der Waals surface area contributed by atoms with Gasteiger partial charge in [-0.15, -0.1) is 0 Å². The molecule has 0 amide bonds. The summed E-state index contributed by atoms with van der Waals surface area (Å²) in [4.78, 5) is 10.5. The van der Waals surface area contributed by atoms with Crippen molar-refractivity contribution in [2.24, 2.45) is 0 Å². The molecule has 0 unspecified atom stereocenters. The molecule has 1 aromatic heterocycles. The maximum absolute atomic E-state index is 7.07. The highest BCUT2D eigenvalue weighted by Gasteiger charge is 2.48. The zero-order valence-electron chi connectivity index (χ0n) is 37.8. The molecule has 0 aliphatic carbocycles. The van der Waals surface area contributed by atoms with Gasteiger partial charge in [-0.25, -0.2) is 4.98 Å². The minimum Gasteiger partial charge on any atom is -0.424 e. The largest absolute Gasteiger partial charge is 0.424 e. The van der Waals surface area contributed by atoms with Gasteiger partial charge in [0.2, 0.25) is 11.8 Å². The van der Waals surface area contributed by atoms with Crippen molar-refractivity contribution in [3.8, 4) is 0 Å². The molecule has 5 heteroatoms. The van der Waals surface area contributed by atoms with Gasteiger partial charge in [0.25, 0.3) is 6.71 Å². The van der Waals surface area contributed by atoms with Crippen LogP contribution in [-0.4, -0.2) is 11.7 Å². The highest BCUT2D eigenvalue weighted by molar-refractivity contribution is 6.99. The van der Waals surface area contributed by atoms with Crippen molar-refractivity contribution < 1.29 is 4.42 Å². The molecule has 3 heterocycles. The number of aromatic nitrogens is 1. The Morgan fingerprint density at radius 3 is 1.30 bits per heavy atom. The van der Waals surface area contributed by atoms with E-state index in [2.05, 4.69) is 207 Å². The van der Waals surface area contributed by atoms with E-state index in [9.17, 15) is 0 Å². The monoisotopic (exact) mass is 748 g/mol. The Hall–Kier alpha value is -4.25. The maximum Gasteiger partial charge on any atom is 0.279 e. The lowest BCUT2D eigenvalue weighted by molar-refractivity contribution is 0.397. The van der Waals surface area contributed by atoms with Crippen molar-refractivity contribution in [1.82, 2.24) is 4.98 Å². The Kier molecular flexibility index (Phi) is 9.01. The predicted octanol–water partition coefficient (Wildman–Crippen LogP) is 12.5. The number of anilines is 6. The molecule has 0 bridgehead atoms. The third-order valence-corrected chi connectivity index (χ3v) is 11.8. The molecule has 2 aliphatic heterocycles. The molecule has 0 radical (unpaired) electrons. The van der Waals surface area contributed by atoms with E-state index in [1.54, 1.807) is 0 Å². The van der Waals surface area contributed by atoms with Gasteiger partial charge >= 0.3 is 0 Å². The second kappa shape index (κ2) is 12.6. The van der Waals surface area contributed by atoms with Gasteiger partial charge in [-0.05, 0) is 108 Å². The van der Waals surface area contributed by atoms with Crippen LogP contribution < -0.4 is 26.3 Å². The van der Waals surface area contributed by atoms with Gasteiger partial charge in [0.05, 0.1) is 5.59 Å². The molecule has 2 aliphatic rings. The van der Waals surface area contributed by atoms with Gasteiger partial charge in [-0.3, -0.25) is 4.90 Å². The lowest BCUT2D eigenvalue weighted by Gasteiger charge is -2.43. The lowest BCUT2D eigenvalue weighted by atomic mass is 9.35. The topological polar surface area (TPSA) is 32.5 Å². The minimum atomic E-state index is -0.282. The zero-order chi connectivity index (χ0) is 41.3. The second-order valence-electron chi connectivity index (χ2n) is 22.8. The van der Waals surface area contributed by atoms with Crippen molar-refractivity contribution in [3.63, 3.8) is 0 Å². The van der Waals surface area contributed by atoms with Crippen molar-refractivity contribution >= 4 is 57.6 Å². The van der Waals surface area contributed by atoms with Gasteiger partial charge in [-0.2, -0.15) is 0 Å². The standard InChI is InChI=1S/C51H66BN3O/c1-46(2,3)31-22-23-39-38(30-31)52-42-40(54(39)36-26-32(47(4,5)6)24-33(27-36)48(7,8)9)20-19-21-41(42)55(44-43(52)53-45(56-44)51(16,17)18)37-28-34(49(10,11)12)25-35(29-37)50(13,14)15/h19-30H,1-18H3. The average Bonchev–Trinajstić information content (AvgIpc) is 3.51. The number of hydrogen-bond acceptors (Lipinski definition) is 4. The molecule has 0 atom stereocenters. The first-order valence-electron chi connectivity index (χ1n) is 20.8. The molecule has 0 fully saturated rings. The third kappa shape index (κ3) is 6.92. The Morgan fingerprint density at radius 2 is 0.875 bits per heavy atom. The van der Waals surface area contributed by atoms with Crippen LogP contribution in [-0.2, 0) is 32.5 Å². The Bertz CT molecular complexity index is 2270. The number of nitrogens with zero attached hydrogens (tertiary/aromatic N) is 3. The minimum absolute atomic E-state index is 0.0258. The number of benzene rings is 4. The van der Waals surface area contributed by atoms with Crippen LogP contribution in [0.4, 0.5) is 34.3 Å². The molecular formula is C51H66BN3O. The summed E-state index contributed by atoms with van der Waals surface area (Å²) in [7, 11) is 0. The summed E-state index contributed by atoms with van der Waals surface area (Å²) in [5.74, 6) is 1.58. The summed E-state index contributed by atoms with van der Waals surface area (Å²) in [6, 6.07) is 28.5. The van der Waals surface area contributed by atoms with Crippen LogP contribution in [0.25, 0.3) is 0 Å². The van der Waals surface area contributed by atoms with Crippen LogP contribution in [0.1, 0.15) is 158 Å². The first-order chi connectivity index (χ1) is 25.5. The second-order valence-corrected chi connectivity index (χ2v) is 22.8. The van der Waals surface area contributed by atoms with Crippen LogP contribution in [0.5, 0.6) is 0 Å². The SMILES string of the molecule is CC(C)(C)c1cc(N2c3ccc(C(C)(C)C)cc3B3c4nc(C(C)(C)C)oc4N(c4cc(C(C)(C)C)cc(C(C)(C)C)c4)c4cccc2c43)cc(C(C)(C)C)c1. The predicted molar refractivity (Wildman–Crippen MR) is 243 cm³/mol. The molecule has 7 rings (SSSR count). The molecule has 56 heavy (non-hydrogen) atoms. The number of oxazole rings is 1. The first kappa shape index (κ1) is 40.0. The van der Waals surface area contributed by atoms with Gasteiger partial charge < -0.3 is 9.32 Å². The molecule has 0 saturated carbocycles. The smallest absolute Gasteiger partial charge is 0.279 e. The van der Waals surface area contributed by atoms with E-state index in [0.717, 1.165) is 28.7 Å². The summed E-state index contributed by atoms with van der Waals surface area (Å²) >= 11 is 0. The zero-order valence-corrected chi connectivity index (χ0v) is 37.8. The average molecular weight is 748 g/mol. The fraction of sp³-hybridized carbons (Fsp3) is 0.471. The molecule has 4 nitrogen and oxygen atoms in total. The molecule has 5 aromatic rings. The molecule has 294 valence electrons. The van der Waals surface area contributed by atoms with Gasteiger partial charge in [-0.1, -0.05) is 155 Å². The van der Waals surface area contributed by atoms with Crippen LogP contribution >= 0.6 is 0 Å². The van der Waals surface area contributed by atoms with E-state index in [4.69, 9.17) is 9.40 Å². The number of rotatable bonds is 2. The fourth-order valence-corrected chi connectivity index (χ4v) is 8.10. The summed E-state index contributed by atoms with van der Waals surface area (Å²) in [5, 5.41) is 0. The van der Waals surface area contributed by atoms with E-state index in [1.165, 1.54) is 55.8 Å². The lowest BCUT2D eigenvalue weighted by Crippen LogP contribution is -2.62. The molecule has 0 spiro atoms. The van der Waals surface area contributed by atoms with Crippen molar-refractivity contribution in [3.05, 3.63) is 107 Å². The van der Waals surface area contributed by atoms with E-state index < -0.39 is 0 Å². The third-order valence-electron chi connectivity index (χ3n) is 11.8. The highest BCUT2D eigenvalue weighted by atomic mass is 16.4. The number of fused-ring (bicyclic) bond motifs is 4. The summed E-state index contributed by atoms with van der Waals surface area (Å²) < 4.78 is 7.07. The van der Waals surface area contributed by atoms with Crippen LogP contribution in [0.2, 0.25) is 0 Å². The maximum atomic E-state index is 7.07. The van der Waals surface area contributed by atoms with E-state index in [-0.39, 0.29) is 39.2 Å². The van der Waals surface area contributed by atoms with E-state index >= 15 is 0 Å². The van der Waals surface area contributed by atoms with Gasteiger partial charge in [0.1, 0.15) is 0 Å². The van der Waals surface area contributed by atoms with Crippen LogP contribution in [0, 0.1) is 0 Å². The van der Waals surface area contributed by atoms with Crippen molar-refractivity contribution in [1.29, 1.82) is 0 Å². The van der Waals surface area contributed by atoms with E-state index in [1.807, 2.05) is 0 Å². The number of hydrogen-bond donors (Lipinski definition) is 0.